The summed E-state index contributed by atoms with van der Waals surface area (Å²) in [6, 6.07) is 7.46. The molecule has 0 saturated heterocycles. The fraction of sp³-hybridized carbons (Fsp3) is 0.529. The van der Waals surface area contributed by atoms with Crippen molar-refractivity contribution in [3.05, 3.63) is 24.3 Å². The van der Waals surface area contributed by atoms with Gasteiger partial charge in [-0.25, -0.2) is 0 Å². The van der Waals surface area contributed by atoms with Crippen molar-refractivity contribution >= 4 is 17.5 Å². The van der Waals surface area contributed by atoms with E-state index >= 15 is 0 Å². The van der Waals surface area contributed by atoms with Gasteiger partial charge in [0.05, 0.1) is 5.69 Å². The Morgan fingerprint density at radius 1 is 1.36 bits per heavy atom. The lowest BCUT2D eigenvalue weighted by Crippen LogP contribution is -2.42. The quantitative estimate of drug-likeness (QED) is 0.836. The largest absolute Gasteiger partial charge is 0.482 e. The van der Waals surface area contributed by atoms with Gasteiger partial charge in [0, 0.05) is 26.6 Å². The number of carbonyl (C=O) groups is 2. The highest BCUT2D eigenvalue weighted by molar-refractivity contribution is 5.98. The van der Waals surface area contributed by atoms with Gasteiger partial charge in [-0.3, -0.25) is 9.59 Å². The Labute approximate surface area is 130 Å². The Morgan fingerprint density at radius 3 is 2.86 bits per heavy atom. The summed E-state index contributed by atoms with van der Waals surface area (Å²) in [5.41, 5.74) is 0.758. The molecule has 1 aliphatic heterocycles. The Bertz CT molecular complexity index is 569. The van der Waals surface area contributed by atoms with E-state index in [1.54, 1.807) is 9.80 Å². The molecule has 1 aromatic carbocycles. The summed E-state index contributed by atoms with van der Waals surface area (Å²) in [6.45, 7) is 1.29. The van der Waals surface area contributed by atoms with E-state index in [0.717, 1.165) is 12.2 Å². The molecule has 3 rings (SSSR count). The maximum Gasteiger partial charge on any atom is 0.265 e. The third kappa shape index (κ3) is 3.08. The van der Waals surface area contributed by atoms with Crippen molar-refractivity contribution in [2.75, 3.05) is 31.6 Å². The van der Waals surface area contributed by atoms with Crippen LogP contribution in [0.4, 0.5) is 5.69 Å². The first-order chi connectivity index (χ1) is 10.6. The van der Waals surface area contributed by atoms with Gasteiger partial charge in [0.15, 0.2) is 6.61 Å². The third-order valence-corrected chi connectivity index (χ3v) is 4.54. The van der Waals surface area contributed by atoms with Crippen molar-refractivity contribution in [3.63, 3.8) is 0 Å². The predicted molar refractivity (Wildman–Crippen MR) is 83.9 cm³/mol. The van der Waals surface area contributed by atoms with Crippen molar-refractivity contribution in [1.29, 1.82) is 0 Å². The molecule has 2 aliphatic rings. The molecular formula is C17H22N2O3. The van der Waals surface area contributed by atoms with Crippen molar-refractivity contribution in [2.45, 2.75) is 25.7 Å². The molecule has 1 fully saturated rings. The van der Waals surface area contributed by atoms with E-state index in [1.165, 1.54) is 19.3 Å². The number of anilines is 1. The van der Waals surface area contributed by atoms with Crippen LogP contribution in [-0.2, 0) is 9.59 Å². The Kier molecular flexibility index (Phi) is 4.32. The number of hydrogen-bond donors (Lipinski definition) is 0. The van der Waals surface area contributed by atoms with E-state index in [1.807, 2.05) is 31.3 Å². The highest BCUT2D eigenvalue weighted by atomic mass is 16.5. The average molecular weight is 302 g/mol. The van der Waals surface area contributed by atoms with Crippen LogP contribution in [0.2, 0.25) is 0 Å². The molecular weight excluding hydrogens is 280 g/mol. The van der Waals surface area contributed by atoms with E-state index in [-0.39, 0.29) is 18.4 Å². The highest BCUT2D eigenvalue weighted by Crippen LogP contribution is 2.31. The van der Waals surface area contributed by atoms with E-state index < -0.39 is 0 Å². The SMILES string of the molecule is CN(CC1CCC1)C(=O)CCN1C(=O)COc2ccccc21. The first kappa shape index (κ1) is 14.9. The summed E-state index contributed by atoms with van der Waals surface area (Å²) in [4.78, 5) is 27.8. The van der Waals surface area contributed by atoms with Crippen LogP contribution < -0.4 is 9.64 Å². The van der Waals surface area contributed by atoms with Crippen LogP contribution in [0.25, 0.3) is 0 Å². The van der Waals surface area contributed by atoms with Gasteiger partial charge in [0.1, 0.15) is 5.75 Å². The molecule has 0 bridgehead atoms. The minimum absolute atomic E-state index is 0.0448. The van der Waals surface area contributed by atoms with Crippen LogP contribution in [0.3, 0.4) is 0 Å². The van der Waals surface area contributed by atoms with E-state index in [0.29, 0.717) is 24.6 Å². The summed E-state index contributed by atoms with van der Waals surface area (Å²) in [5, 5.41) is 0. The molecule has 118 valence electrons. The summed E-state index contributed by atoms with van der Waals surface area (Å²) in [7, 11) is 1.86. The summed E-state index contributed by atoms with van der Waals surface area (Å²) < 4.78 is 5.41. The van der Waals surface area contributed by atoms with Crippen molar-refractivity contribution < 1.29 is 14.3 Å². The number of para-hydroxylation sites is 2. The smallest absolute Gasteiger partial charge is 0.265 e. The molecule has 0 unspecified atom stereocenters. The monoisotopic (exact) mass is 302 g/mol. The van der Waals surface area contributed by atoms with Crippen molar-refractivity contribution in [3.8, 4) is 5.75 Å². The minimum Gasteiger partial charge on any atom is -0.482 e. The number of benzene rings is 1. The van der Waals surface area contributed by atoms with Crippen LogP contribution in [0, 0.1) is 5.92 Å². The molecule has 1 heterocycles. The van der Waals surface area contributed by atoms with Crippen LogP contribution in [0.1, 0.15) is 25.7 Å². The van der Waals surface area contributed by atoms with E-state index in [4.69, 9.17) is 4.74 Å². The van der Waals surface area contributed by atoms with E-state index in [2.05, 4.69) is 0 Å². The molecule has 22 heavy (non-hydrogen) atoms. The van der Waals surface area contributed by atoms with Crippen LogP contribution in [-0.4, -0.2) is 43.5 Å². The number of fused-ring (bicyclic) bond motifs is 1. The molecule has 0 atom stereocenters. The first-order valence-corrected chi connectivity index (χ1v) is 7.91. The normalized spacial score (nSPS) is 17.5. The van der Waals surface area contributed by atoms with Gasteiger partial charge in [0.2, 0.25) is 5.91 Å². The number of rotatable bonds is 5. The number of nitrogens with zero attached hydrogens (tertiary/aromatic N) is 2. The lowest BCUT2D eigenvalue weighted by molar-refractivity contribution is -0.130. The van der Waals surface area contributed by atoms with Gasteiger partial charge in [-0.2, -0.15) is 0 Å². The van der Waals surface area contributed by atoms with Crippen LogP contribution >= 0.6 is 0 Å². The number of ether oxygens (including phenoxy) is 1. The van der Waals surface area contributed by atoms with Crippen molar-refractivity contribution in [1.82, 2.24) is 4.90 Å². The fourth-order valence-electron chi connectivity index (χ4n) is 2.96. The molecule has 1 aliphatic carbocycles. The summed E-state index contributed by atoms with van der Waals surface area (Å²) in [6.07, 6.45) is 4.09. The summed E-state index contributed by atoms with van der Waals surface area (Å²) in [5.74, 6) is 1.38. The van der Waals surface area contributed by atoms with Gasteiger partial charge in [-0.05, 0) is 30.9 Å². The lowest BCUT2D eigenvalue weighted by atomic mass is 9.85. The molecule has 0 aromatic heterocycles. The number of amides is 2. The fourth-order valence-corrected chi connectivity index (χ4v) is 2.96. The maximum atomic E-state index is 12.2. The zero-order valence-electron chi connectivity index (χ0n) is 13.0. The topological polar surface area (TPSA) is 49.9 Å². The molecule has 0 spiro atoms. The molecule has 0 radical (unpaired) electrons. The Hall–Kier alpha value is -2.04. The molecule has 1 aromatic rings. The number of carbonyl (C=O) groups excluding carboxylic acids is 2. The van der Waals surface area contributed by atoms with Gasteiger partial charge >= 0.3 is 0 Å². The Balaban J connectivity index is 1.58. The van der Waals surface area contributed by atoms with Crippen LogP contribution in [0.5, 0.6) is 5.75 Å². The zero-order chi connectivity index (χ0) is 15.5. The van der Waals surface area contributed by atoms with Gasteiger partial charge in [0.25, 0.3) is 5.91 Å². The van der Waals surface area contributed by atoms with Gasteiger partial charge in [-0.15, -0.1) is 0 Å². The lowest BCUT2D eigenvalue weighted by Gasteiger charge is -2.32. The molecule has 0 N–H and O–H groups in total. The molecule has 1 saturated carbocycles. The second-order valence-electron chi connectivity index (χ2n) is 6.12. The summed E-state index contributed by atoms with van der Waals surface area (Å²) >= 11 is 0. The number of hydrogen-bond acceptors (Lipinski definition) is 3. The Morgan fingerprint density at radius 2 is 2.14 bits per heavy atom. The van der Waals surface area contributed by atoms with Gasteiger partial charge in [-0.1, -0.05) is 18.6 Å². The van der Waals surface area contributed by atoms with E-state index in [9.17, 15) is 9.59 Å². The average Bonchev–Trinajstić information content (AvgIpc) is 2.49. The standard InChI is InChI=1S/C17H22N2O3/c1-18(11-13-5-4-6-13)16(20)9-10-19-14-7-2-3-8-15(14)22-12-17(19)21/h2-3,7-8,13H,4-6,9-12H2,1H3. The predicted octanol–water partition coefficient (Wildman–Crippen LogP) is 2.06. The highest BCUT2D eigenvalue weighted by Gasteiger charge is 2.26. The molecule has 5 nitrogen and oxygen atoms in total. The van der Waals surface area contributed by atoms with Crippen LogP contribution in [0.15, 0.2) is 24.3 Å². The maximum absolute atomic E-state index is 12.2. The first-order valence-electron chi connectivity index (χ1n) is 7.91. The third-order valence-electron chi connectivity index (χ3n) is 4.54. The zero-order valence-corrected chi connectivity index (χ0v) is 13.0. The molecule has 5 heteroatoms. The van der Waals surface area contributed by atoms with Gasteiger partial charge < -0.3 is 14.5 Å². The van der Waals surface area contributed by atoms with Crippen molar-refractivity contribution in [2.24, 2.45) is 5.92 Å². The second kappa shape index (κ2) is 6.38. The minimum atomic E-state index is -0.0897. The second-order valence-corrected chi connectivity index (χ2v) is 6.12. The molecule has 2 amide bonds.